The van der Waals surface area contributed by atoms with E-state index in [0.717, 1.165) is 6.08 Å². The lowest BCUT2D eigenvalue weighted by Gasteiger charge is -2.29. The van der Waals surface area contributed by atoms with E-state index >= 15 is 0 Å². The molecule has 2 amide bonds. The third-order valence-electron chi connectivity index (χ3n) is 3.51. The van der Waals surface area contributed by atoms with Crippen LogP contribution < -0.4 is 0 Å². The van der Waals surface area contributed by atoms with Crippen molar-refractivity contribution >= 4 is 23.8 Å². The standard InChI is InChI=1S/C17H25NO7/c1-6-14(21)24-16(2,3)9-10-23-17(4,5)11-15(22)25-18-12(19)7-8-13(18)20/h6H,1,7-11H2,2-5H3. The van der Waals surface area contributed by atoms with Crippen LogP contribution in [0.25, 0.3) is 0 Å². The Morgan fingerprint density at radius 2 is 1.68 bits per heavy atom. The number of ether oxygens (including phenoxy) is 2. The molecule has 0 aromatic carbocycles. The highest BCUT2D eigenvalue weighted by molar-refractivity contribution is 6.01. The first-order valence-electron chi connectivity index (χ1n) is 8.02. The van der Waals surface area contributed by atoms with E-state index in [2.05, 4.69) is 6.58 Å². The van der Waals surface area contributed by atoms with Crippen LogP contribution >= 0.6 is 0 Å². The van der Waals surface area contributed by atoms with Gasteiger partial charge in [0.1, 0.15) is 5.60 Å². The van der Waals surface area contributed by atoms with Gasteiger partial charge in [-0.25, -0.2) is 9.59 Å². The molecule has 0 atom stereocenters. The average Bonchev–Trinajstić information content (AvgIpc) is 2.77. The van der Waals surface area contributed by atoms with Crippen LogP contribution in [0, 0.1) is 0 Å². The number of esters is 1. The minimum atomic E-state index is -0.874. The Morgan fingerprint density at radius 3 is 2.20 bits per heavy atom. The molecule has 1 aliphatic heterocycles. The number of hydrogen-bond acceptors (Lipinski definition) is 7. The van der Waals surface area contributed by atoms with Crippen molar-refractivity contribution in [3.8, 4) is 0 Å². The molecule has 8 heteroatoms. The van der Waals surface area contributed by atoms with Gasteiger partial charge < -0.3 is 14.3 Å². The molecule has 0 aromatic heterocycles. The van der Waals surface area contributed by atoms with Gasteiger partial charge in [-0.2, -0.15) is 0 Å². The first-order chi connectivity index (χ1) is 11.5. The van der Waals surface area contributed by atoms with E-state index in [-0.39, 0.29) is 25.9 Å². The molecule has 0 aliphatic carbocycles. The minimum Gasteiger partial charge on any atom is -0.456 e. The van der Waals surface area contributed by atoms with Crippen molar-refractivity contribution in [1.82, 2.24) is 5.06 Å². The highest BCUT2D eigenvalue weighted by atomic mass is 16.7. The number of nitrogens with zero attached hydrogens (tertiary/aromatic N) is 1. The summed E-state index contributed by atoms with van der Waals surface area (Å²) in [4.78, 5) is 50.8. The van der Waals surface area contributed by atoms with Crippen LogP contribution in [0.15, 0.2) is 12.7 Å². The van der Waals surface area contributed by atoms with E-state index in [1.54, 1.807) is 27.7 Å². The number of hydrogen-bond donors (Lipinski definition) is 0. The van der Waals surface area contributed by atoms with E-state index in [1.807, 2.05) is 0 Å². The van der Waals surface area contributed by atoms with E-state index in [4.69, 9.17) is 14.3 Å². The molecule has 0 unspecified atom stereocenters. The fourth-order valence-electron chi connectivity index (χ4n) is 2.13. The average molecular weight is 355 g/mol. The SMILES string of the molecule is C=CC(=O)OC(C)(C)CCOC(C)(C)CC(=O)ON1C(=O)CCC1=O. The summed E-state index contributed by atoms with van der Waals surface area (Å²) in [7, 11) is 0. The molecule has 0 radical (unpaired) electrons. The zero-order valence-electron chi connectivity index (χ0n) is 15.1. The van der Waals surface area contributed by atoms with Gasteiger partial charge in [0.05, 0.1) is 18.6 Å². The predicted molar refractivity (Wildman–Crippen MR) is 86.8 cm³/mol. The molecule has 1 aliphatic rings. The molecule has 1 fully saturated rings. The number of carbonyl (C=O) groups is 4. The van der Waals surface area contributed by atoms with Crippen molar-refractivity contribution in [3.05, 3.63) is 12.7 Å². The second kappa shape index (κ2) is 8.24. The van der Waals surface area contributed by atoms with Gasteiger partial charge in [-0.05, 0) is 27.7 Å². The molecular weight excluding hydrogens is 330 g/mol. The van der Waals surface area contributed by atoms with Crippen LogP contribution in [0.2, 0.25) is 0 Å². The van der Waals surface area contributed by atoms with Gasteiger partial charge in [0.2, 0.25) is 0 Å². The monoisotopic (exact) mass is 355 g/mol. The number of rotatable bonds is 9. The van der Waals surface area contributed by atoms with E-state index in [9.17, 15) is 19.2 Å². The lowest BCUT2D eigenvalue weighted by atomic mass is 10.0. The fourth-order valence-corrected chi connectivity index (χ4v) is 2.13. The number of carbonyl (C=O) groups excluding carboxylic acids is 4. The van der Waals surface area contributed by atoms with E-state index in [1.165, 1.54) is 0 Å². The summed E-state index contributed by atoms with van der Waals surface area (Å²) in [5.41, 5.74) is -1.61. The molecule has 0 spiro atoms. The molecule has 1 rings (SSSR count). The van der Waals surface area contributed by atoms with Crippen LogP contribution in [0.3, 0.4) is 0 Å². The number of hydroxylamine groups is 2. The van der Waals surface area contributed by atoms with Crippen molar-refractivity contribution in [2.24, 2.45) is 0 Å². The smallest absolute Gasteiger partial charge is 0.336 e. The molecule has 1 heterocycles. The van der Waals surface area contributed by atoms with Crippen LogP contribution in [-0.4, -0.2) is 46.6 Å². The molecule has 140 valence electrons. The molecule has 0 bridgehead atoms. The molecule has 25 heavy (non-hydrogen) atoms. The zero-order valence-corrected chi connectivity index (χ0v) is 15.1. The third-order valence-corrected chi connectivity index (χ3v) is 3.51. The molecule has 0 saturated carbocycles. The maximum Gasteiger partial charge on any atom is 0.336 e. The second-order valence-electron chi connectivity index (χ2n) is 6.96. The minimum absolute atomic E-state index is 0.0461. The van der Waals surface area contributed by atoms with Crippen LogP contribution in [0.1, 0.15) is 53.4 Å². The number of imide groups is 1. The summed E-state index contributed by atoms with van der Waals surface area (Å²) in [5, 5.41) is 0.510. The van der Waals surface area contributed by atoms with Crippen molar-refractivity contribution in [2.45, 2.75) is 64.6 Å². The van der Waals surface area contributed by atoms with Gasteiger partial charge in [-0.3, -0.25) is 9.59 Å². The molecule has 8 nitrogen and oxygen atoms in total. The van der Waals surface area contributed by atoms with E-state index in [0.29, 0.717) is 11.5 Å². The second-order valence-corrected chi connectivity index (χ2v) is 6.96. The highest BCUT2D eigenvalue weighted by Gasteiger charge is 2.34. The van der Waals surface area contributed by atoms with Gasteiger partial charge in [-0.15, -0.1) is 5.06 Å². The van der Waals surface area contributed by atoms with Crippen LogP contribution in [-0.2, 0) is 33.5 Å². The summed E-state index contributed by atoms with van der Waals surface area (Å²) < 4.78 is 10.8. The van der Waals surface area contributed by atoms with Crippen molar-refractivity contribution in [3.63, 3.8) is 0 Å². The Bertz CT molecular complexity index is 549. The Kier molecular flexibility index (Phi) is 6.87. The fraction of sp³-hybridized carbons (Fsp3) is 0.647. The van der Waals surface area contributed by atoms with Crippen molar-refractivity contribution in [1.29, 1.82) is 0 Å². The van der Waals surface area contributed by atoms with Gasteiger partial charge in [0, 0.05) is 25.3 Å². The lowest BCUT2D eigenvalue weighted by Crippen LogP contribution is -2.37. The van der Waals surface area contributed by atoms with Crippen molar-refractivity contribution < 1.29 is 33.5 Å². The summed E-state index contributed by atoms with van der Waals surface area (Å²) in [6.07, 6.45) is 1.45. The number of amides is 2. The van der Waals surface area contributed by atoms with Crippen molar-refractivity contribution in [2.75, 3.05) is 6.61 Å². The Labute approximate surface area is 147 Å². The predicted octanol–water partition coefficient (Wildman–Crippen LogP) is 1.68. The molecule has 0 N–H and O–H groups in total. The maximum absolute atomic E-state index is 11.9. The third kappa shape index (κ3) is 7.04. The summed E-state index contributed by atoms with van der Waals surface area (Å²) >= 11 is 0. The summed E-state index contributed by atoms with van der Waals surface area (Å²) in [6.45, 7) is 10.4. The Hall–Kier alpha value is -2.22. The first-order valence-corrected chi connectivity index (χ1v) is 8.02. The molecular formula is C17H25NO7. The summed E-state index contributed by atoms with van der Waals surface area (Å²) in [6, 6.07) is 0. The Morgan fingerprint density at radius 1 is 1.12 bits per heavy atom. The normalized spacial score (nSPS) is 15.3. The maximum atomic E-state index is 11.9. The zero-order chi connectivity index (χ0) is 19.3. The Balaban J connectivity index is 2.43. The van der Waals surface area contributed by atoms with Crippen LogP contribution in [0.5, 0.6) is 0 Å². The summed E-state index contributed by atoms with van der Waals surface area (Å²) in [5.74, 6) is -2.30. The van der Waals surface area contributed by atoms with Gasteiger partial charge in [0.25, 0.3) is 11.8 Å². The first kappa shape index (κ1) is 20.8. The van der Waals surface area contributed by atoms with Crippen LogP contribution in [0.4, 0.5) is 0 Å². The quantitative estimate of drug-likeness (QED) is 0.352. The largest absolute Gasteiger partial charge is 0.456 e. The molecule has 1 saturated heterocycles. The van der Waals surface area contributed by atoms with Gasteiger partial charge in [-0.1, -0.05) is 6.58 Å². The van der Waals surface area contributed by atoms with E-state index < -0.39 is 35.0 Å². The van der Waals surface area contributed by atoms with Gasteiger partial charge >= 0.3 is 11.9 Å². The lowest BCUT2D eigenvalue weighted by molar-refractivity contribution is -0.201. The topological polar surface area (TPSA) is 99.2 Å². The van der Waals surface area contributed by atoms with Gasteiger partial charge in [0.15, 0.2) is 0 Å². The highest BCUT2D eigenvalue weighted by Crippen LogP contribution is 2.21. The molecule has 0 aromatic rings.